The van der Waals surface area contributed by atoms with Crippen LogP contribution in [0.15, 0.2) is 35.8 Å². The number of hydrogen-bond acceptors (Lipinski definition) is 5. The average molecular weight is 470 g/mol. The molecule has 1 saturated heterocycles. The number of piperidine rings is 1. The fourth-order valence-corrected chi connectivity index (χ4v) is 5.33. The molecule has 1 amide bonds. The van der Waals surface area contributed by atoms with Gasteiger partial charge in [-0.25, -0.2) is 9.78 Å². The number of aliphatic carboxylic acids is 1. The summed E-state index contributed by atoms with van der Waals surface area (Å²) in [4.78, 5) is 27.8. The van der Waals surface area contributed by atoms with Crippen LogP contribution in [0.25, 0.3) is 0 Å². The molecule has 2 aromatic rings. The lowest BCUT2D eigenvalue weighted by Gasteiger charge is -2.40. The molecule has 1 spiro atoms. The minimum atomic E-state index is -5.08. The number of likely N-dealkylation sites (tertiary alicyclic amines) is 1. The second kappa shape index (κ2) is 9.99. The topological polar surface area (TPSA) is 82.5 Å². The number of rotatable bonds is 4. The minimum Gasteiger partial charge on any atom is -0.475 e. The molecule has 0 radical (unpaired) electrons. The van der Waals surface area contributed by atoms with E-state index < -0.39 is 12.1 Å². The summed E-state index contributed by atoms with van der Waals surface area (Å²) in [6.07, 6.45) is 0.893. The second-order valence-corrected chi connectivity index (χ2v) is 9.13. The number of carboxylic acids is 1. The van der Waals surface area contributed by atoms with Crippen LogP contribution in [0.2, 0.25) is 0 Å². The molecule has 32 heavy (non-hydrogen) atoms. The van der Waals surface area contributed by atoms with E-state index in [0.717, 1.165) is 26.1 Å². The van der Waals surface area contributed by atoms with Crippen LogP contribution >= 0.6 is 11.3 Å². The Balaban J connectivity index is 0.000000360. The van der Waals surface area contributed by atoms with Crippen LogP contribution in [0, 0.1) is 0 Å². The van der Waals surface area contributed by atoms with Crippen LogP contribution in [-0.2, 0) is 21.5 Å². The van der Waals surface area contributed by atoms with Crippen molar-refractivity contribution in [3.8, 4) is 0 Å². The Morgan fingerprint density at radius 2 is 1.94 bits per heavy atom. The van der Waals surface area contributed by atoms with E-state index >= 15 is 0 Å². The third-order valence-electron chi connectivity index (χ3n) is 6.22. The van der Waals surface area contributed by atoms with E-state index in [4.69, 9.17) is 9.90 Å². The Kier molecular flexibility index (Phi) is 7.55. The third-order valence-corrected chi connectivity index (χ3v) is 6.98. The molecule has 2 heterocycles. The SMILES string of the molecule is CNC(=O)CC1CC2(CCN(Cc3nccs3)CC2)c2ccccc21.O=C(O)C(F)(F)F. The molecular weight excluding hydrogens is 443 g/mol. The van der Waals surface area contributed by atoms with E-state index in [0.29, 0.717) is 12.3 Å². The number of thiazole rings is 1. The third kappa shape index (κ3) is 5.66. The zero-order valence-corrected chi connectivity index (χ0v) is 18.5. The zero-order chi connectivity index (χ0) is 23.4. The number of carbonyl (C=O) groups excluding carboxylic acids is 1. The molecule has 1 fully saturated rings. The fourth-order valence-electron chi connectivity index (χ4n) is 4.67. The summed E-state index contributed by atoms with van der Waals surface area (Å²) in [6.45, 7) is 3.19. The highest BCUT2D eigenvalue weighted by molar-refractivity contribution is 7.09. The van der Waals surface area contributed by atoms with Gasteiger partial charge in [0, 0.05) is 25.0 Å². The number of amides is 1. The Morgan fingerprint density at radius 1 is 1.28 bits per heavy atom. The number of alkyl halides is 3. The van der Waals surface area contributed by atoms with Gasteiger partial charge in [-0.2, -0.15) is 13.2 Å². The van der Waals surface area contributed by atoms with Gasteiger partial charge in [-0.3, -0.25) is 9.69 Å². The van der Waals surface area contributed by atoms with Crippen LogP contribution in [-0.4, -0.2) is 53.2 Å². The van der Waals surface area contributed by atoms with Crippen LogP contribution in [0.4, 0.5) is 13.2 Å². The second-order valence-electron chi connectivity index (χ2n) is 8.15. The van der Waals surface area contributed by atoms with Crippen molar-refractivity contribution in [3.63, 3.8) is 0 Å². The van der Waals surface area contributed by atoms with Gasteiger partial charge >= 0.3 is 12.1 Å². The number of nitrogens with zero attached hydrogens (tertiary/aromatic N) is 2. The van der Waals surface area contributed by atoms with Gasteiger partial charge in [-0.05, 0) is 54.8 Å². The first-order valence-electron chi connectivity index (χ1n) is 10.4. The van der Waals surface area contributed by atoms with Crippen molar-refractivity contribution in [3.05, 3.63) is 52.0 Å². The first kappa shape index (κ1) is 24.2. The lowest BCUT2D eigenvalue weighted by atomic mass is 9.73. The van der Waals surface area contributed by atoms with Crippen molar-refractivity contribution in [2.45, 2.75) is 49.7 Å². The Morgan fingerprint density at radius 3 is 2.50 bits per heavy atom. The number of nitrogens with one attached hydrogen (secondary N) is 1. The lowest BCUT2D eigenvalue weighted by molar-refractivity contribution is -0.192. The van der Waals surface area contributed by atoms with Gasteiger partial charge in [0.15, 0.2) is 0 Å². The predicted molar refractivity (Wildman–Crippen MR) is 114 cm³/mol. The Bertz CT molecular complexity index is 926. The van der Waals surface area contributed by atoms with E-state index in [2.05, 4.69) is 44.8 Å². The fraction of sp³-hybridized carbons (Fsp3) is 0.500. The molecule has 174 valence electrons. The molecule has 1 aliphatic carbocycles. The summed E-state index contributed by atoms with van der Waals surface area (Å²) in [5, 5.41) is 13.2. The van der Waals surface area contributed by atoms with Gasteiger partial charge in [0.25, 0.3) is 0 Å². The van der Waals surface area contributed by atoms with E-state index in [-0.39, 0.29) is 11.3 Å². The number of carboxylic acid groups (broad SMARTS) is 1. The van der Waals surface area contributed by atoms with Gasteiger partial charge in [0.05, 0.1) is 6.54 Å². The van der Waals surface area contributed by atoms with Crippen LogP contribution in [0.1, 0.15) is 47.7 Å². The van der Waals surface area contributed by atoms with Crippen molar-refractivity contribution in [1.29, 1.82) is 0 Å². The summed E-state index contributed by atoms with van der Waals surface area (Å²) in [5.74, 6) is -2.24. The predicted octanol–water partition coefficient (Wildman–Crippen LogP) is 3.93. The van der Waals surface area contributed by atoms with Gasteiger partial charge < -0.3 is 10.4 Å². The molecule has 1 aromatic heterocycles. The van der Waals surface area contributed by atoms with Gasteiger partial charge in [0.2, 0.25) is 5.91 Å². The molecule has 2 aliphatic rings. The highest BCUT2D eigenvalue weighted by atomic mass is 32.1. The highest BCUT2D eigenvalue weighted by Crippen LogP contribution is 2.52. The number of carbonyl (C=O) groups is 2. The zero-order valence-electron chi connectivity index (χ0n) is 17.7. The number of benzene rings is 1. The number of aromatic nitrogens is 1. The van der Waals surface area contributed by atoms with Crippen molar-refractivity contribution in [2.75, 3.05) is 20.1 Å². The number of fused-ring (bicyclic) bond motifs is 2. The number of halogens is 3. The van der Waals surface area contributed by atoms with E-state index in [1.165, 1.54) is 29.0 Å². The average Bonchev–Trinajstić information content (AvgIpc) is 3.37. The summed E-state index contributed by atoms with van der Waals surface area (Å²) in [5.41, 5.74) is 3.16. The van der Waals surface area contributed by atoms with Crippen LogP contribution in [0.5, 0.6) is 0 Å². The maximum atomic E-state index is 12.0. The molecule has 0 bridgehead atoms. The van der Waals surface area contributed by atoms with Crippen molar-refractivity contribution in [2.24, 2.45) is 0 Å². The van der Waals surface area contributed by atoms with Crippen molar-refractivity contribution >= 4 is 23.2 Å². The number of hydrogen-bond donors (Lipinski definition) is 2. The summed E-state index contributed by atoms with van der Waals surface area (Å²) >= 11 is 1.74. The minimum absolute atomic E-state index is 0.151. The summed E-state index contributed by atoms with van der Waals surface area (Å²) in [7, 11) is 1.73. The molecule has 4 rings (SSSR count). The molecule has 2 N–H and O–H groups in total. The van der Waals surface area contributed by atoms with Gasteiger partial charge in [-0.1, -0.05) is 24.3 Å². The first-order chi connectivity index (χ1) is 15.1. The Hall–Kier alpha value is -2.46. The van der Waals surface area contributed by atoms with Gasteiger partial charge in [-0.15, -0.1) is 11.3 Å². The smallest absolute Gasteiger partial charge is 0.475 e. The van der Waals surface area contributed by atoms with Crippen LogP contribution in [0.3, 0.4) is 0 Å². The molecule has 1 atom stereocenters. The highest BCUT2D eigenvalue weighted by Gasteiger charge is 2.45. The Labute approximate surface area is 188 Å². The molecule has 1 aromatic carbocycles. The normalized spacial score (nSPS) is 19.7. The summed E-state index contributed by atoms with van der Waals surface area (Å²) in [6, 6.07) is 8.81. The molecule has 0 saturated carbocycles. The molecule has 1 aliphatic heterocycles. The van der Waals surface area contributed by atoms with Crippen molar-refractivity contribution in [1.82, 2.24) is 15.2 Å². The summed E-state index contributed by atoms with van der Waals surface area (Å²) < 4.78 is 31.7. The standard InChI is InChI=1S/C20H25N3OS.C2HF3O2/c1-21-18(24)12-15-13-20(17-5-3-2-4-16(15)17)6-9-23(10-7-20)14-19-22-8-11-25-19;3-2(4,5)1(6)7/h2-5,8,11,15H,6-7,9-10,12-14H2,1H3,(H,21,24);(H,6,7). The molecule has 10 heteroatoms. The van der Waals surface area contributed by atoms with E-state index in [9.17, 15) is 18.0 Å². The molecule has 1 unspecified atom stereocenters. The largest absolute Gasteiger partial charge is 0.490 e. The lowest BCUT2D eigenvalue weighted by Crippen LogP contribution is -2.41. The van der Waals surface area contributed by atoms with Gasteiger partial charge in [0.1, 0.15) is 5.01 Å². The maximum Gasteiger partial charge on any atom is 0.490 e. The quantitative estimate of drug-likeness (QED) is 0.709. The van der Waals surface area contributed by atoms with E-state index in [1.54, 1.807) is 18.4 Å². The first-order valence-corrected chi connectivity index (χ1v) is 11.2. The molecular formula is C22H26F3N3O3S. The monoisotopic (exact) mass is 469 g/mol. The molecule has 6 nitrogen and oxygen atoms in total. The van der Waals surface area contributed by atoms with E-state index in [1.807, 2.05) is 6.20 Å². The maximum absolute atomic E-state index is 12.0. The van der Waals surface area contributed by atoms with Crippen molar-refractivity contribution < 1.29 is 27.9 Å². The van der Waals surface area contributed by atoms with Crippen LogP contribution < -0.4 is 5.32 Å².